The van der Waals surface area contributed by atoms with Crippen LogP contribution in [0.2, 0.25) is 0 Å². The first-order chi connectivity index (χ1) is 7.20. The Morgan fingerprint density at radius 2 is 2.27 bits per heavy atom. The van der Waals surface area contributed by atoms with E-state index in [9.17, 15) is 4.79 Å². The lowest BCUT2D eigenvalue weighted by molar-refractivity contribution is -0.136. The zero-order chi connectivity index (χ0) is 10.8. The lowest BCUT2D eigenvalue weighted by Gasteiger charge is -1.98. The number of aromatic amines is 1. The van der Waals surface area contributed by atoms with Crippen molar-refractivity contribution in [1.29, 1.82) is 0 Å². The topological polar surface area (TPSA) is 53.1 Å². The van der Waals surface area contributed by atoms with Gasteiger partial charge in [0.15, 0.2) is 0 Å². The van der Waals surface area contributed by atoms with E-state index in [1.807, 2.05) is 6.07 Å². The monoisotopic (exact) mass is 203 g/mol. The molecule has 3 heteroatoms. The number of benzene rings is 1. The van der Waals surface area contributed by atoms with Crippen LogP contribution in [-0.4, -0.2) is 16.1 Å². The van der Waals surface area contributed by atoms with Gasteiger partial charge in [0.05, 0.1) is 6.42 Å². The third kappa shape index (κ3) is 1.86. The summed E-state index contributed by atoms with van der Waals surface area (Å²) in [5.41, 5.74) is 3.09. The van der Waals surface area contributed by atoms with E-state index >= 15 is 0 Å². The smallest absolute Gasteiger partial charge is 0.307 e. The van der Waals surface area contributed by atoms with Gasteiger partial charge in [-0.1, -0.05) is 13.0 Å². The minimum atomic E-state index is -0.794. The summed E-state index contributed by atoms with van der Waals surface area (Å²) in [6.07, 6.45) is 2.82. The number of H-pyrrole nitrogens is 1. The summed E-state index contributed by atoms with van der Waals surface area (Å²) in [6.45, 7) is 2.09. The van der Waals surface area contributed by atoms with E-state index in [4.69, 9.17) is 5.11 Å². The molecule has 0 fully saturated rings. The summed E-state index contributed by atoms with van der Waals surface area (Å²) in [4.78, 5) is 13.7. The van der Waals surface area contributed by atoms with Crippen molar-refractivity contribution in [1.82, 2.24) is 4.98 Å². The second kappa shape index (κ2) is 3.77. The molecule has 0 unspecified atom stereocenters. The van der Waals surface area contributed by atoms with E-state index in [0.29, 0.717) is 0 Å². The molecule has 0 aliphatic rings. The number of aromatic nitrogens is 1. The number of carboxylic acids is 1. The van der Waals surface area contributed by atoms with Crippen LogP contribution in [0.25, 0.3) is 10.9 Å². The molecule has 2 N–H and O–H groups in total. The summed E-state index contributed by atoms with van der Waals surface area (Å²) >= 11 is 0. The normalized spacial score (nSPS) is 10.7. The number of aryl methyl sites for hydroxylation is 1. The quantitative estimate of drug-likeness (QED) is 0.804. The maximum Gasteiger partial charge on any atom is 0.307 e. The molecule has 0 spiro atoms. The molecule has 1 aromatic carbocycles. The third-order valence-electron chi connectivity index (χ3n) is 2.58. The molecule has 2 rings (SSSR count). The molecule has 3 nitrogen and oxygen atoms in total. The van der Waals surface area contributed by atoms with Gasteiger partial charge in [-0.15, -0.1) is 0 Å². The average Bonchev–Trinajstić information content (AvgIpc) is 2.60. The van der Waals surface area contributed by atoms with Crippen molar-refractivity contribution in [2.75, 3.05) is 0 Å². The highest BCUT2D eigenvalue weighted by Crippen LogP contribution is 2.20. The van der Waals surface area contributed by atoms with Crippen LogP contribution in [0.1, 0.15) is 18.1 Å². The number of nitrogens with one attached hydrogen (secondary N) is 1. The highest BCUT2D eigenvalue weighted by Gasteiger charge is 2.07. The summed E-state index contributed by atoms with van der Waals surface area (Å²) in [5, 5.41) is 9.78. The van der Waals surface area contributed by atoms with Crippen LogP contribution in [0.5, 0.6) is 0 Å². The number of hydrogen-bond acceptors (Lipinski definition) is 1. The Morgan fingerprint density at radius 1 is 1.47 bits per heavy atom. The van der Waals surface area contributed by atoms with Crippen molar-refractivity contribution in [2.45, 2.75) is 19.8 Å². The van der Waals surface area contributed by atoms with E-state index < -0.39 is 5.97 Å². The number of rotatable bonds is 3. The second-order valence-corrected chi connectivity index (χ2v) is 3.62. The van der Waals surface area contributed by atoms with Crippen molar-refractivity contribution in [3.05, 3.63) is 35.5 Å². The zero-order valence-electron chi connectivity index (χ0n) is 8.58. The number of carboxylic acid groups (broad SMARTS) is 1. The molecule has 15 heavy (non-hydrogen) atoms. The van der Waals surface area contributed by atoms with Crippen LogP contribution in [-0.2, 0) is 17.6 Å². The lowest BCUT2D eigenvalue weighted by Crippen LogP contribution is -1.98. The standard InChI is InChI=1S/C12H13NO2/c1-2-8-3-4-11-10(5-8)9(7-13-11)6-12(14)15/h3-5,7,13H,2,6H2,1H3,(H,14,15). The zero-order valence-corrected chi connectivity index (χ0v) is 8.58. The van der Waals surface area contributed by atoms with Crippen molar-refractivity contribution in [2.24, 2.45) is 0 Å². The SMILES string of the molecule is CCc1ccc2[nH]cc(CC(=O)O)c2c1. The number of hydrogen-bond donors (Lipinski definition) is 2. The molecule has 0 aliphatic heterocycles. The van der Waals surface area contributed by atoms with Crippen LogP contribution in [0.4, 0.5) is 0 Å². The maximum absolute atomic E-state index is 10.7. The molecule has 1 heterocycles. The summed E-state index contributed by atoms with van der Waals surface area (Å²) in [6, 6.07) is 6.12. The molecular formula is C12H13NO2. The molecule has 0 amide bonds. The van der Waals surface area contributed by atoms with Gasteiger partial charge in [-0.05, 0) is 29.7 Å². The van der Waals surface area contributed by atoms with Crippen molar-refractivity contribution in [3.63, 3.8) is 0 Å². The van der Waals surface area contributed by atoms with Gasteiger partial charge in [0.25, 0.3) is 0 Å². The molecular weight excluding hydrogens is 190 g/mol. The molecule has 0 radical (unpaired) electrons. The largest absolute Gasteiger partial charge is 0.481 e. The highest BCUT2D eigenvalue weighted by molar-refractivity contribution is 5.87. The molecule has 0 aliphatic carbocycles. The molecule has 0 saturated heterocycles. The van der Waals surface area contributed by atoms with Gasteiger partial charge in [0, 0.05) is 17.1 Å². The molecule has 2 aromatic rings. The lowest BCUT2D eigenvalue weighted by atomic mass is 10.1. The highest BCUT2D eigenvalue weighted by atomic mass is 16.4. The van der Waals surface area contributed by atoms with Crippen LogP contribution < -0.4 is 0 Å². The summed E-state index contributed by atoms with van der Waals surface area (Å²) in [5.74, 6) is -0.794. The molecule has 1 aromatic heterocycles. The van der Waals surface area contributed by atoms with Crippen LogP contribution in [0, 0.1) is 0 Å². The number of aliphatic carboxylic acids is 1. The molecule has 0 saturated carbocycles. The Labute approximate surface area is 87.7 Å². The first-order valence-electron chi connectivity index (χ1n) is 5.01. The van der Waals surface area contributed by atoms with Gasteiger partial charge in [-0.25, -0.2) is 0 Å². The fourth-order valence-electron chi connectivity index (χ4n) is 1.75. The summed E-state index contributed by atoms with van der Waals surface area (Å²) in [7, 11) is 0. The van der Waals surface area contributed by atoms with E-state index in [0.717, 1.165) is 22.9 Å². The van der Waals surface area contributed by atoms with Crippen LogP contribution in [0.3, 0.4) is 0 Å². The summed E-state index contributed by atoms with van der Waals surface area (Å²) < 4.78 is 0. The fourth-order valence-corrected chi connectivity index (χ4v) is 1.75. The predicted molar refractivity (Wildman–Crippen MR) is 59.0 cm³/mol. The van der Waals surface area contributed by atoms with Gasteiger partial charge < -0.3 is 10.1 Å². The van der Waals surface area contributed by atoms with Gasteiger partial charge in [-0.3, -0.25) is 4.79 Å². The van der Waals surface area contributed by atoms with Gasteiger partial charge in [0.2, 0.25) is 0 Å². The van der Waals surface area contributed by atoms with Gasteiger partial charge >= 0.3 is 5.97 Å². The van der Waals surface area contributed by atoms with E-state index in [-0.39, 0.29) is 6.42 Å². The third-order valence-corrected chi connectivity index (χ3v) is 2.58. The maximum atomic E-state index is 10.7. The van der Waals surface area contributed by atoms with Crippen LogP contribution in [0.15, 0.2) is 24.4 Å². The molecule has 78 valence electrons. The van der Waals surface area contributed by atoms with Crippen molar-refractivity contribution < 1.29 is 9.90 Å². The second-order valence-electron chi connectivity index (χ2n) is 3.62. The van der Waals surface area contributed by atoms with Crippen LogP contribution >= 0.6 is 0 Å². The van der Waals surface area contributed by atoms with E-state index in [1.54, 1.807) is 6.20 Å². The number of fused-ring (bicyclic) bond motifs is 1. The Morgan fingerprint density at radius 3 is 2.93 bits per heavy atom. The number of carbonyl (C=O) groups is 1. The fraction of sp³-hybridized carbons (Fsp3) is 0.250. The minimum Gasteiger partial charge on any atom is -0.481 e. The predicted octanol–water partition coefficient (Wildman–Crippen LogP) is 2.36. The Balaban J connectivity index is 2.51. The Bertz CT molecular complexity index is 499. The minimum absolute atomic E-state index is 0.0766. The molecule has 0 atom stereocenters. The first kappa shape index (κ1) is 9.77. The van der Waals surface area contributed by atoms with Gasteiger partial charge in [0.1, 0.15) is 0 Å². The first-order valence-corrected chi connectivity index (χ1v) is 5.01. The Hall–Kier alpha value is -1.77. The van der Waals surface area contributed by atoms with Gasteiger partial charge in [-0.2, -0.15) is 0 Å². The molecule has 0 bridgehead atoms. The van der Waals surface area contributed by atoms with E-state index in [1.165, 1.54) is 5.56 Å². The van der Waals surface area contributed by atoms with Crippen molar-refractivity contribution >= 4 is 16.9 Å². The Kier molecular flexibility index (Phi) is 2.46. The van der Waals surface area contributed by atoms with E-state index in [2.05, 4.69) is 24.0 Å². The average molecular weight is 203 g/mol. The van der Waals surface area contributed by atoms with Crippen molar-refractivity contribution in [3.8, 4) is 0 Å².